The predicted octanol–water partition coefficient (Wildman–Crippen LogP) is 2.82. The standard InChI is InChI=1S/C15H16ClN3O2/c1-3-15(4-2)13(20)18-14(21)19(15)9-11-6-5-10(8-17)7-12(11)16/h5-7H,3-4,9H2,1-2H3,(H,18,20,21). The Hall–Kier alpha value is -2.06. The van der Waals surface area contributed by atoms with Gasteiger partial charge in [-0.15, -0.1) is 0 Å². The highest BCUT2D eigenvalue weighted by atomic mass is 35.5. The van der Waals surface area contributed by atoms with E-state index >= 15 is 0 Å². The molecule has 1 heterocycles. The minimum Gasteiger partial charge on any atom is -0.305 e. The van der Waals surface area contributed by atoms with Crippen LogP contribution in [0.5, 0.6) is 0 Å². The van der Waals surface area contributed by atoms with E-state index in [1.165, 1.54) is 4.90 Å². The third-order valence-corrected chi connectivity index (χ3v) is 4.44. The highest BCUT2D eigenvalue weighted by molar-refractivity contribution is 6.31. The SMILES string of the molecule is CCC1(CC)C(=O)NC(=O)N1Cc1ccc(C#N)cc1Cl. The number of nitriles is 1. The highest BCUT2D eigenvalue weighted by Gasteiger charge is 2.50. The van der Waals surface area contributed by atoms with Gasteiger partial charge in [-0.25, -0.2) is 4.79 Å². The van der Waals surface area contributed by atoms with Gasteiger partial charge in [0.05, 0.1) is 11.6 Å². The Balaban J connectivity index is 2.35. The number of carbonyl (C=O) groups excluding carboxylic acids is 2. The molecule has 0 spiro atoms. The summed E-state index contributed by atoms with van der Waals surface area (Å²) in [5, 5.41) is 11.6. The number of imide groups is 1. The van der Waals surface area contributed by atoms with Gasteiger partial charge in [0.2, 0.25) is 0 Å². The molecule has 1 aromatic carbocycles. The number of rotatable bonds is 4. The summed E-state index contributed by atoms with van der Waals surface area (Å²) in [5.74, 6) is -0.262. The van der Waals surface area contributed by atoms with Gasteiger partial charge in [0.15, 0.2) is 0 Å². The number of carbonyl (C=O) groups is 2. The quantitative estimate of drug-likeness (QED) is 0.869. The molecule has 0 radical (unpaired) electrons. The molecule has 0 aliphatic carbocycles. The first kappa shape index (κ1) is 15.3. The van der Waals surface area contributed by atoms with Gasteiger partial charge in [-0.2, -0.15) is 5.26 Å². The lowest BCUT2D eigenvalue weighted by Gasteiger charge is -2.33. The summed E-state index contributed by atoms with van der Waals surface area (Å²) in [4.78, 5) is 25.7. The molecule has 6 heteroatoms. The maximum absolute atomic E-state index is 12.1. The molecule has 1 saturated heterocycles. The van der Waals surface area contributed by atoms with Crippen molar-refractivity contribution >= 4 is 23.5 Å². The second-order valence-corrected chi connectivity index (χ2v) is 5.41. The van der Waals surface area contributed by atoms with Crippen LogP contribution in [0.15, 0.2) is 18.2 Å². The van der Waals surface area contributed by atoms with Crippen molar-refractivity contribution in [2.24, 2.45) is 0 Å². The summed E-state index contributed by atoms with van der Waals surface area (Å²) in [6.45, 7) is 4.01. The maximum Gasteiger partial charge on any atom is 0.325 e. The molecule has 5 nitrogen and oxygen atoms in total. The Morgan fingerprint density at radius 3 is 2.52 bits per heavy atom. The Labute approximate surface area is 128 Å². The average Bonchev–Trinajstić information content (AvgIpc) is 2.72. The fourth-order valence-electron chi connectivity index (χ4n) is 2.69. The lowest BCUT2D eigenvalue weighted by molar-refractivity contribution is -0.127. The van der Waals surface area contributed by atoms with Crippen molar-refractivity contribution < 1.29 is 9.59 Å². The third-order valence-electron chi connectivity index (χ3n) is 4.09. The van der Waals surface area contributed by atoms with Crippen molar-refractivity contribution in [2.45, 2.75) is 38.8 Å². The van der Waals surface area contributed by atoms with E-state index in [4.69, 9.17) is 16.9 Å². The van der Waals surface area contributed by atoms with E-state index in [0.717, 1.165) is 0 Å². The van der Waals surface area contributed by atoms with Gasteiger partial charge in [-0.3, -0.25) is 10.1 Å². The fourth-order valence-corrected chi connectivity index (χ4v) is 2.93. The number of hydrogen-bond donors (Lipinski definition) is 1. The molecule has 0 unspecified atom stereocenters. The lowest BCUT2D eigenvalue weighted by atomic mass is 9.91. The molecule has 21 heavy (non-hydrogen) atoms. The zero-order valence-corrected chi connectivity index (χ0v) is 12.7. The van der Waals surface area contributed by atoms with Gasteiger partial charge in [0.25, 0.3) is 5.91 Å². The van der Waals surface area contributed by atoms with Crippen molar-refractivity contribution in [1.29, 1.82) is 5.26 Å². The molecule has 1 aliphatic rings. The molecule has 110 valence electrons. The second kappa shape index (κ2) is 5.74. The van der Waals surface area contributed by atoms with Gasteiger partial charge in [0, 0.05) is 11.6 Å². The maximum atomic E-state index is 12.1. The topological polar surface area (TPSA) is 73.2 Å². The fraction of sp³-hybridized carbons (Fsp3) is 0.400. The number of hydrogen-bond acceptors (Lipinski definition) is 3. The van der Waals surface area contributed by atoms with Crippen molar-refractivity contribution in [3.8, 4) is 6.07 Å². The van der Waals surface area contributed by atoms with Crippen molar-refractivity contribution in [1.82, 2.24) is 10.2 Å². The van der Waals surface area contributed by atoms with E-state index in [2.05, 4.69) is 5.32 Å². The van der Waals surface area contributed by atoms with E-state index < -0.39 is 11.6 Å². The first-order valence-electron chi connectivity index (χ1n) is 6.80. The van der Waals surface area contributed by atoms with Crippen LogP contribution in [0.2, 0.25) is 5.02 Å². The zero-order valence-electron chi connectivity index (χ0n) is 11.9. The van der Waals surface area contributed by atoms with Gasteiger partial charge in [0.1, 0.15) is 5.54 Å². The molecule has 0 saturated carbocycles. The van der Waals surface area contributed by atoms with E-state index in [9.17, 15) is 9.59 Å². The summed E-state index contributed by atoms with van der Waals surface area (Å²) < 4.78 is 0. The summed E-state index contributed by atoms with van der Waals surface area (Å²) >= 11 is 6.16. The molecular weight excluding hydrogens is 290 g/mol. The normalized spacial score (nSPS) is 16.8. The number of amides is 3. The largest absolute Gasteiger partial charge is 0.325 e. The van der Waals surface area contributed by atoms with E-state index in [1.54, 1.807) is 18.2 Å². The molecule has 2 rings (SSSR count). The minimum atomic E-state index is -0.825. The minimum absolute atomic E-state index is 0.240. The van der Waals surface area contributed by atoms with Crippen LogP contribution in [-0.4, -0.2) is 22.4 Å². The smallest absolute Gasteiger partial charge is 0.305 e. The molecule has 1 fully saturated rings. The molecule has 1 aliphatic heterocycles. The lowest BCUT2D eigenvalue weighted by Crippen LogP contribution is -2.48. The van der Waals surface area contributed by atoms with Crippen LogP contribution in [-0.2, 0) is 11.3 Å². The number of nitrogens with zero attached hydrogens (tertiary/aromatic N) is 2. The first-order valence-corrected chi connectivity index (χ1v) is 7.18. The Kier molecular flexibility index (Phi) is 4.19. The first-order chi connectivity index (χ1) is 9.98. The predicted molar refractivity (Wildman–Crippen MR) is 78.6 cm³/mol. The molecule has 0 bridgehead atoms. The Morgan fingerprint density at radius 2 is 2.00 bits per heavy atom. The number of halogens is 1. The summed E-state index contributed by atoms with van der Waals surface area (Å²) in [6.07, 6.45) is 1.07. The van der Waals surface area contributed by atoms with Crippen LogP contribution in [0.1, 0.15) is 37.8 Å². The second-order valence-electron chi connectivity index (χ2n) is 5.00. The van der Waals surface area contributed by atoms with Gasteiger partial charge >= 0.3 is 6.03 Å². The summed E-state index contributed by atoms with van der Waals surface area (Å²) in [5.41, 5.74) is 0.351. The van der Waals surface area contributed by atoms with Crippen molar-refractivity contribution in [3.05, 3.63) is 34.3 Å². The van der Waals surface area contributed by atoms with Crippen LogP contribution in [0.25, 0.3) is 0 Å². The summed E-state index contributed by atoms with van der Waals surface area (Å²) in [6, 6.07) is 6.54. The van der Waals surface area contributed by atoms with Crippen LogP contribution >= 0.6 is 11.6 Å². The van der Waals surface area contributed by atoms with Crippen LogP contribution in [0.3, 0.4) is 0 Å². The van der Waals surface area contributed by atoms with E-state index in [1.807, 2.05) is 19.9 Å². The van der Waals surface area contributed by atoms with Crippen molar-refractivity contribution in [2.75, 3.05) is 0 Å². The molecule has 1 N–H and O–H groups in total. The van der Waals surface area contributed by atoms with Crippen LogP contribution < -0.4 is 5.32 Å². The Morgan fingerprint density at radius 1 is 1.33 bits per heavy atom. The molecular formula is C15H16ClN3O2. The number of benzene rings is 1. The third kappa shape index (κ3) is 2.47. The summed E-state index contributed by atoms with van der Waals surface area (Å²) in [7, 11) is 0. The van der Waals surface area contributed by atoms with Crippen LogP contribution in [0.4, 0.5) is 4.79 Å². The van der Waals surface area contributed by atoms with Gasteiger partial charge in [-0.1, -0.05) is 31.5 Å². The van der Waals surface area contributed by atoms with E-state index in [0.29, 0.717) is 29.0 Å². The monoisotopic (exact) mass is 305 g/mol. The van der Waals surface area contributed by atoms with Crippen LogP contribution in [0, 0.1) is 11.3 Å². The average molecular weight is 306 g/mol. The molecule has 1 aromatic rings. The molecule has 0 aromatic heterocycles. The van der Waals surface area contributed by atoms with E-state index in [-0.39, 0.29) is 12.5 Å². The van der Waals surface area contributed by atoms with Gasteiger partial charge in [-0.05, 0) is 30.5 Å². The number of urea groups is 1. The number of nitrogens with one attached hydrogen (secondary N) is 1. The zero-order chi connectivity index (χ0) is 15.6. The van der Waals surface area contributed by atoms with Gasteiger partial charge < -0.3 is 4.90 Å². The Bertz CT molecular complexity index is 632. The highest BCUT2D eigenvalue weighted by Crippen LogP contribution is 2.32. The van der Waals surface area contributed by atoms with Crippen molar-refractivity contribution in [3.63, 3.8) is 0 Å². The molecule has 3 amide bonds. The molecule has 0 atom stereocenters.